The van der Waals surface area contributed by atoms with Gasteiger partial charge in [-0.3, -0.25) is 5.10 Å². The van der Waals surface area contributed by atoms with Crippen LogP contribution in [-0.2, 0) is 6.42 Å². The summed E-state index contributed by atoms with van der Waals surface area (Å²) in [4.78, 5) is 0. The maximum Gasteiger partial charge on any atom is 0.153 e. The first-order valence-corrected chi connectivity index (χ1v) is 5.82. The lowest BCUT2D eigenvalue weighted by Gasteiger charge is -2.17. The molecule has 0 radical (unpaired) electrons. The van der Waals surface area contributed by atoms with Crippen LogP contribution in [0.4, 0.5) is 5.82 Å². The molecule has 0 aliphatic carbocycles. The fourth-order valence-electron chi connectivity index (χ4n) is 2.33. The number of fused-ring (bicyclic) bond motifs is 1. The van der Waals surface area contributed by atoms with E-state index in [1.54, 1.807) is 0 Å². The molecule has 1 aromatic heterocycles. The molecule has 0 fully saturated rings. The molecular formula is C13H15N3O. The van der Waals surface area contributed by atoms with E-state index in [9.17, 15) is 0 Å². The predicted molar refractivity (Wildman–Crippen MR) is 67.0 cm³/mol. The Morgan fingerprint density at radius 3 is 3.06 bits per heavy atom. The Bertz CT molecular complexity index is 540. The molecule has 17 heavy (non-hydrogen) atoms. The molecule has 0 atom stereocenters. The zero-order valence-corrected chi connectivity index (χ0v) is 9.79. The summed E-state index contributed by atoms with van der Waals surface area (Å²) in [7, 11) is 0. The summed E-state index contributed by atoms with van der Waals surface area (Å²) < 4.78 is 5.60. The molecule has 4 nitrogen and oxygen atoms in total. The van der Waals surface area contributed by atoms with E-state index in [1.165, 1.54) is 5.56 Å². The largest absolute Gasteiger partial charge is 0.493 e. The number of aromatic nitrogens is 2. The number of nitrogens with zero attached hydrogens (tertiary/aromatic N) is 1. The van der Waals surface area contributed by atoms with Crippen molar-refractivity contribution in [3.8, 4) is 16.9 Å². The van der Waals surface area contributed by atoms with Crippen LogP contribution in [0, 0.1) is 6.92 Å². The van der Waals surface area contributed by atoms with Gasteiger partial charge in [0.15, 0.2) is 5.82 Å². The molecule has 0 bridgehead atoms. The molecule has 0 saturated heterocycles. The fraction of sp³-hybridized carbons (Fsp3) is 0.308. The first-order chi connectivity index (χ1) is 8.25. The molecule has 3 rings (SSSR count). The zero-order chi connectivity index (χ0) is 11.8. The van der Waals surface area contributed by atoms with Crippen LogP contribution >= 0.6 is 0 Å². The molecule has 2 heterocycles. The van der Waals surface area contributed by atoms with Crippen molar-refractivity contribution in [3.05, 3.63) is 29.5 Å². The van der Waals surface area contributed by atoms with Crippen LogP contribution in [0.1, 0.15) is 17.7 Å². The standard InChI is InChI=1S/C13H15N3O/c1-8-12(13(14)16-15-8)10-4-5-11-9(7-10)3-2-6-17-11/h4-5,7H,2-3,6H2,1H3,(H3,14,15,16). The number of ether oxygens (including phenoxy) is 1. The number of nitrogens with one attached hydrogen (secondary N) is 1. The van der Waals surface area contributed by atoms with Gasteiger partial charge in [0.2, 0.25) is 0 Å². The monoisotopic (exact) mass is 229 g/mol. The number of aromatic amines is 1. The van der Waals surface area contributed by atoms with E-state index in [4.69, 9.17) is 10.5 Å². The second-order valence-corrected chi connectivity index (χ2v) is 4.38. The molecule has 1 aromatic carbocycles. The second kappa shape index (κ2) is 3.80. The number of hydrogen-bond acceptors (Lipinski definition) is 3. The van der Waals surface area contributed by atoms with Crippen molar-refractivity contribution in [3.63, 3.8) is 0 Å². The SMILES string of the molecule is Cc1[nH]nc(N)c1-c1ccc2c(c1)CCCO2. The van der Waals surface area contributed by atoms with E-state index < -0.39 is 0 Å². The Balaban J connectivity index is 2.10. The number of H-pyrrole nitrogens is 1. The number of anilines is 1. The highest BCUT2D eigenvalue weighted by Gasteiger charge is 2.14. The number of aryl methyl sites for hydroxylation is 2. The molecule has 88 valence electrons. The van der Waals surface area contributed by atoms with Crippen molar-refractivity contribution < 1.29 is 4.74 Å². The lowest BCUT2D eigenvalue weighted by atomic mass is 9.99. The third-order valence-electron chi connectivity index (χ3n) is 3.17. The number of nitrogen functional groups attached to an aromatic ring is 1. The summed E-state index contributed by atoms with van der Waals surface area (Å²) in [5.41, 5.74) is 10.2. The third-order valence-corrected chi connectivity index (χ3v) is 3.17. The summed E-state index contributed by atoms with van der Waals surface area (Å²) in [6.45, 7) is 2.80. The summed E-state index contributed by atoms with van der Waals surface area (Å²) >= 11 is 0. The third kappa shape index (κ3) is 1.65. The molecule has 1 aliphatic heterocycles. The molecule has 0 saturated carbocycles. The number of nitrogens with two attached hydrogens (primary N) is 1. The molecule has 1 aliphatic rings. The highest BCUT2D eigenvalue weighted by molar-refractivity contribution is 5.77. The van der Waals surface area contributed by atoms with E-state index in [0.717, 1.165) is 42.0 Å². The first kappa shape index (κ1) is 10.2. The molecule has 0 amide bonds. The summed E-state index contributed by atoms with van der Waals surface area (Å²) in [5, 5.41) is 6.94. The lowest BCUT2D eigenvalue weighted by Crippen LogP contribution is -2.08. The van der Waals surface area contributed by atoms with E-state index in [1.807, 2.05) is 19.1 Å². The highest BCUT2D eigenvalue weighted by Crippen LogP contribution is 2.33. The second-order valence-electron chi connectivity index (χ2n) is 4.38. The van der Waals surface area contributed by atoms with E-state index in [-0.39, 0.29) is 0 Å². The van der Waals surface area contributed by atoms with Gasteiger partial charge < -0.3 is 10.5 Å². The predicted octanol–water partition coefficient (Wildman–Crippen LogP) is 2.29. The van der Waals surface area contributed by atoms with Crippen molar-refractivity contribution in [2.45, 2.75) is 19.8 Å². The van der Waals surface area contributed by atoms with E-state index >= 15 is 0 Å². The van der Waals surface area contributed by atoms with Crippen molar-refractivity contribution in [2.75, 3.05) is 12.3 Å². The van der Waals surface area contributed by atoms with Crippen molar-refractivity contribution in [1.29, 1.82) is 0 Å². The van der Waals surface area contributed by atoms with E-state index in [2.05, 4.69) is 16.3 Å². The Labute approximate surface area is 99.8 Å². The Morgan fingerprint density at radius 2 is 2.29 bits per heavy atom. The number of hydrogen-bond donors (Lipinski definition) is 2. The van der Waals surface area contributed by atoms with Crippen LogP contribution in [0.3, 0.4) is 0 Å². The zero-order valence-electron chi connectivity index (χ0n) is 9.79. The fourth-order valence-corrected chi connectivity index (χ4v) is 2.33. The van der Waals surface area contributed by atoms with Crippen LogP contribution in [0.15, 0.2) is 18.2 Å². The molecular weight excluding hydrogens is 214 g/mol. The molecule has 2 aromatic rings. The summed E-state index contributed by atoms with van der Waals surface area (Å²) in [5.74, 6) is 1.55. The summed E-state index contributed by atoms with van der Waals surface area (Å²) in [6.07, 6.45) is 2.15. The van der Waals surface area contributed by atoms with Crippen LogP contribution in [0.5, 0.6) is 5.75 Å². The maximum atomic E-state index is 5.88. The van der Waals surface area contributed by atoms with Gasteiger partial charge >= 0.3 is 0 Å². The molecule has 0 unspecified atom stereocenters. The minimum absolute atomic E-state index is 0.555. The van der Waals surface area contributed by atoms with Crippen LogP contribution in [0.2, 0.25) is 0 Å². The molecule has 4 heteroatoms. The Morgan fingerprint density at radius 1 is 1.41 bits per heavy atom. The van der Waals surface area contributed by atoms with Gasteiger partial charge in [-0.05, 0) is 43.0 Å². The van der Waals surface area contributed by atoms with Crippen molar-refractivity contribution in [1.82, 2.24) is 10.2 Å². The van der Waals surface area contributed by atoms with Crippen molar-refractivity contribution >= 4 is 5.82 Å². The summed E-state index contributed by atoms with van der Waals surface area (Å²) in [6, 6.07) is 6.22. The van der Waals surface area contributed by atoms with E-state index in [0.29, 0.717) is 5.82 Å². The highest BCUT2D eigenvalue weighted by atomic mass is 16.5. The topological polar surface area (TPSA) is 63.9 Å². The van der Waals surface area contributed by atoms with Crippen LogP contribution in [-0.4, -0.2) is 16.8 Å². The van der Waals surface area contributed by atoms with Crippen LogP contribution < -0.4 is 10.5 Å². The lowest BCUT2D eigenvalue weighted by molar-refractivity contribution is 0.288. The normalized spacial score (nSPS) is 14.2. The van der Waals surface area contributed by atoms with Gasteiger partial charge in [0, 0.05) is 11.3 Å². The van der Waals surface area contributed by atoms with Gasteiger partial charge in [-0.15, -0.1) is 0 Å². The smallest absolute Gasteiger partial charge is 0.153 e. The van der Waals surface area contributed by atoms with Gasteiger partial charge in [-0.1, -0.05) is 6.07 Å². The Hall–Kier alpha value is -1.97. The molecule has 0 spiro atoms. The maximum absolute atomic E-state index is 5.88. The average molecular weight is 229 g/mol. The Kier molecular flexibility index (Phi) is 2.28. The number of benzene rings is 1. The van der Waals surface area contributed by atoms with Gasteiger partial charge in [-0.2, -0.15) is 5.10 Å². The quantitative estimate of drug-likeness (QED) is 0.788. The number of rotatable bonds is 1. The minimum atomic E-state index is 0.555. The van der Waals surface area contributed by atoms with Gasteiger partial charge in [0.05, 0.1) is 6.61 Å². The first-order valence-electron chi connectivity index (χ1n) is 5.82. The minimum Gasteiger partial charge on any atom is -0.493 e. The molecule has 3 N–H and O–H groups in total. The average Bonchev–Trinajstić information content (AvgIpc) is 2.68. The van der Waals surface area contributed by atoms with Crippen LogP contribution in [0.25, 0.3) is 11.1 Å². The van der Waals surface area contributed by atoms with Gasteiger partial charge in [0.25, 0.3) is 0 Å². The van der Waals surface area contributed by atoms with Gasteiger partial charge in [-0.25, -0.2) is 0 Å². The van der Waals surface area contributed by atoms with Gasteiger partial charge in [0.1, 0.15) is 5.75 Å². The van der Waals surface area contributed by atoms with Crippen molar-refractivity contribution in [2.24, 2.45) is 0 Å².